The zero-order valence-electron chi connectivity index (χ0n) is 11.9. The Morgan fingerprint density at radius 3 is 2.45 bits per heavy atom. The summed E-state index contributed by atoms with van der Waals surface area (Å²) in [5.41, 5.74) is 1.17. The quantitative estimate of drug-likeness (QED) is 0.860. The van der Waals surface area contributed by atoms with Crippen molar-refractivity contribution in [2.75, 3.05) is 0 Å². The fraction of sp³-hybridized carbons (Fsp3) is 0.250. The highest BCUT2D eigenvalue weighted by Crippen LogP contribution is 2.14. The second kappa shape index (κ2) is 6.19. The smallest absolute Gasteiger partial charge is 0.278 e. The predicted octanol–water partition coefficient (Wildman–Crippen LogP) is 2.55. The number of carbonyl (C=O) groups excluding carboxylic acids is 1. The van der Waals surface area contributed by atoms with Gasteiger partial charge in [0.1, 0.15) is 11.2 Å². The third-order valence-corrected chi connectivity index (χ3v) is 2.72. The summed E-state index contributed by atoms with van der Waals surface area (Å²) in [6, 6.07) is 12.6. The first kappa shape index (κ1) is 14.1. The average molecular weight is 270 g/mol. The van der Waals surface area contributed by atoms with Crippen LogP contribution in [0.2, 0.25) is 0 Å². The summed E-state index contributed by atoms with van der Waals surface area (Å²) in [6.07, 6.45) is 1.97. The van der Waals surface area contributed by atoms with Crippen LogP contribution < -0.4 is 10.2 Å². The molecule has 0 aliphatic heterocycles. The van der Waals surface area contributed by atoms with Crippen LogP contribution in [-0.4, -0.2) is 16.6 Å². The van der Waals surface area contributed by atoms with Crippen LogP contribution in [0.4, 0.5) is 0 Å². The number of nitrogens with zero attached hydrogens (tertiary/aromatic N) is 2. The molecule has 4 nitrogen and oxygen atoms in total. The van der Waals surface area contributed by atoms with E-state index in [0.717, 1.165) is 5.75 Å². The van der Waals surface area contributed by atoms with Crippen molar-refractivity contribution in [2.24, 2.45) is 12.0 Å². The summed E-state index contributed by atoms with van der Waals surface area (Å²) in [4.78, 5) is 16.2. The van der Waals surface area contributed by atoms with Crippen molar-refractivity contribution in [1.82, 2.24) is 4.57 Å². The first-order chi connectivity index (χ1) is 9.56. The molecule has 1 amide bonds. The van der Waals surface area contributed by atoms with E-state index in [1.807, 2.05) is 39.2 Å². The topological polar surface area (TPSA) is 43.6 Å². The van der Waals surface area contributed by atoms with Crippen molar-refractivity contribution in [3.63, 3.8) is 0 Å². The van der Waals surface area contributed by atoms with Crippen LogP contribution in [0.3, 0.4) is 0 Å². The third kappa shape index (κ3) is 3.57. The second-order valence-electron chi connectivity index (χ2n) is 4.78. The van der Waals surface area contributed by atoms with Crippen LogP contribution in [0.25, 0.3) is 0 Å². The number of pyridine rings is 1. The largest absolute Gasteiger partial charge is 0.491 e. The molecule has 1 aromatic carbocycles. The lowest BCUT2D eigenvalue weighted by molar-refractivity contribution is 0.0997. The molecule has 0 N–H and O–H groups in total. The van der Waals surface area contributed by atoms with E-state index >= 15 is 0 Å². The zero-order valence-corrected chi connectivity index (χ0v) is 11.9. The Bertz CT molecular complexity index is 655. The number of carbonyl (C=O) groups is 1. The SMILES string of the molecule is CC(C)Oc1ccc(C(=O)N=c2ccccn2C)cc1. The average Bonchev–Trinajstić information content (AvgIpc) is 2.41. The van der Waals surface area contributed by atoms with E-state index < -0.39 is 0 Å². The Morgan fingerprint density at radius 1 is 1.15 bits per heavy atom. The molecule has 0 saturated carbocycles. The molecule has 0 saturated heterocycles. The molecule has 0 unspecified atom stereocenters. The summed E-state index contributed by atoms with van der Waals surface area (Å²) in [5, 5.41) is 0. The van der Waals surface area contributed by atoms with Crippen molar-refractivity contribution < 1.29 is 9.53 Å². The van der Waals surface area contributed by atoms with Crippen LogP contribution in [0.15, 0.2) is 53.7 Å². The van der Waals surface area contributed by atoms with Crippen molar-refractivity contribution >= 4 is 5.91 Å². The molecule has 2 aromatic rings. The maximum atomic E-state index is 12.1. The summed E-state index contributed by atoms with van der Waals surface area (Å²) in [6.45, 7) is 3.92. The van der Waals surface area contributed by atoms with Gasteiger partial charge >= 0.3 is 0 Å². The molecule has 0 aliphatic carbocycles. The Morgan fingerprint density at radius 2 is 1.85 bits per heavy atom. The van der Waals surface area contributed by atoms with E-state index in [9.17, 15) is 4.79 Å². The molecule has 0 radical (unpaired) electrons. The molecule has 1 heterocycles. The second-order valence-corrected chi connectivity index (χ2v) is 4.78. The third-order valence-electron chi connectivity index (χ3n) is 2.72. The number of aryl methyl sites for hydroxylation is 1. The lowest BCUT2D eigenvalue weighted by atomic mass is 10.2. The van der Waals surface area contributed by atoms with Crippen LogP contribution in [0.5, 0.6) is 5.75 Å². The van der Waals surface area contributed by atoms with E-state index in [1.54, 1.807) is 34.9 Å². The number of rotatable bonds is 3. The summed E-state index contributed by atoms with van der Waals surface area (Å²) < 4.78 is 7.34. The van der Waals surface area contributed by atoms with E-state index in [2.05, 4.69) is 4.99 Å². The maximum Gasteiger partial charge on any atom is 0.278 e. The van der Waals surface area contributed by atoms with Gasteiger partial charge in [0.25, 0.3) is 5.91 Å². The predicted molar refractivity (Wildman–Crippen MR) is 77.5 cm³/mol. The summed E-state index contributed by atoms with van der Waals surface area (Å²) in [5.74, 6) is 0.490. The maximum absolute atomic E-state index is 12.1. The lowest BCUT2D eigenvalue weighted by Crippen LogP contribution is -2.18. The van der Waals surface area contributed by atoms with Gasteiger partial charge in [0, 0.05) is 18.8 Å². The number of hydrogen-bond donors (Lipinski definition) is 0. The van der Waals surface area contributed by atoms with Crippen LogP contribution in [-0.2, 0) is 7.05 Å². The zero-order chi connectivity index (χ0) is 14.5. The molecule has 4 heteroatoms. The van der Waals surface area contributed by atoms with Gasteiger partial charge < -0.3 is 9.30 Å². The van der Waals surface area contributed by atoms with Gasteiger partial charge in [-0.3, -0.25) is 4.79 Å². The van der Waals surface area contributed by atoms with E-state index in [-0.39, 0.29) is 12.0 Å². The molecule has 0 atom stereocenters. The number of ether oxygens (including phenoxy) is 1. The van der Waals surface area contributed by atoms with Gasteiger partial charge in [-0.25, -0.2) is 0 Å². The molecule has 1 aromatic heterocycles. The van der Waals surface area contributed by atoms with E-state index in [4.69, 9.17) is 4.74 Å². The van der Waals surface area contributed by atoms with Gasteiger partial charge in [-0.15, -0.1) is 0 Å². The molecular formula is C16H18N2O2. The minimum atomic E-state index is -0.261. The number of hydrogen-bond acceptors (Lipinski definition) is 2. The molecule has 0 spiro atoms. The van der Waals surface area contributed by atoms with Gasteiger partial charge in [-0.1, -0.05) is 6.07 Å². The van der Waals surface area contributed by atoms with E-state index in [1.165, 1.54) is 0 Å². The van der Waals surface area contributed by atoms with Crippen molar-refractivity contribution in [1.29, 1.82) is 0 Å². The highest BCUT2D eigenvalue weighted by molar-refractivity contribution is 5.94. The van der Waals surface area contributed by atoms with Crippen molar-refractivity contribution in [2.45, 2.75) is 20.0 Å². The fourth-order valence-electron chi connectivity index (χ4n) is 1.75. The first-order valence-corrected chi connectivity index (χ1v) is 6.53. The standard InChI is InChI=1S/C16H18N2O2/c1-12(2)20-14-9-7-13(8-10-14)16(19)17-15-6-4-5-11-18(15)3/h4-12H,1-3H3. The molecule has 0 fully saturated rings. The van der Waals surface area contributed by atoms with Gasteiger partial charge in [0.2, 0.25) is 0 Å². The molecule has 104 valence electrons. The van der Waals surface area contributed by atoms with Crippen LogP contribution in [0, 0.1) is 0 Å². The van der Waals surface area contributed by atoms with Gasteiger partial charge in [0.15, 0.2) is 0 Å². The normalized spacial score (nSPS) is 11.7. The Hall–Kier alpha value is -2.36. The Labute approximate surface area is 118 Å². The monoisotopic (exact) mass is 270 g/mol. The number of amides is 1. The molecule has 0 bridgehead atoms. The van der Waals surface area contributed by atoms with E-state index in [0.29, 0.717) is 11.1 Å². The summed E-state index contributed by atoms with van der Waals surface area (Å²) in [7, 11) is 1.85. The molecule has 2 rings (SSSR count). The highest BCUT2D eigenvalue weighted by atomic mass is 16.5. The number of benzene rings is 1. The molecule has 20 heavy (non-hydrogen) atoms. The number of aromatic nitrogens is 1. The van der Waals surface area contributed by atoms with Crippen molar-refractivity contribution in [3.8, 4) is 5.75 Å². The highest BCUT2D eigenvalue weighted by Gasteiger charge is 2.05. The first-order valence-electron chi connectivity index (χ1n) is 6.53. The van der Waals surface area contributed by atoms with Gasteiger partial charge in [-0.05, 0) is 50.2 Å². The summed E-state index contributed by atoms with van der Waals surface area (Å²) >= 11 is 0. The van der Waals surface area contributed by atoms with Crippen molar-refractivity contribution in [3.05, 3.63) is 59.7 Å². The minimum absolute atomic E-state index is 0.115. The minimum Gasteiger partial charge on any atom is -0.491 e. The van der Waals surface area contributed by atoms with Crippen LogP contribution in [0.1, 0.15) is 24.2 Å². The molecule has 0 aliphatic rings. The Kier molecular flexibility index (Phi) is 4.35. The fourth-order valence-corrected chi connectivity index (χ4v) is 1.75. The van der Waals surface area contributed by atoms with Crippen LogP contribution >= 0.6 is 0 Å². The van der Waals surface area contributed by atoms with Gasteiger partial charge in [-0.2, -0.15) is 4.99 Å². The van der Waals surface area contributed by atoms with Gasteiger partial charge in [0.05, 0.1) is 6.10 Å². The molecular weight excluding hydrogens is 252 g/mol. The Balaban J connectivity index is 2.22. The lowest BCUT2D eigenvalue weighted by Gasteiger charge is -2.09.